The van der Waals surface area contributed by atoms with Gasteiger partial charge in [0.15, 0.2) is 0 Å². The Kier molecular flexibility index (Phi) is 6.81. The number of para-hydroxylation sites is 1. The van der Waals surface area contributed by atoms with Crippen molar-refractivity contribution < 1.29 is 9.59 Å². The van der Waals surface area contributed by atoms with E-state index in [1.165, 1.54) is 0 Å². The molecule has 0 spiro atoms. The van der Waals surface area contributed by atoms with Crippen LogP contribution in [0.4, 0.5) is 5.69 Å². The maximum atomic E-state index is 13.1. The van der Waals surface area contributed by atoms with Gasteiger partial charge in [0, 0.05) is 36.9 Å². The monoisotopic (exact) mass is 465 g/mol. The summed E-state index contributed by atoms with van der Waals surface area (Å²) in [5, 5.41) is 8.09. The summed E-state index contributed by atoms with van der Waals surface area (Å²) in [6.45, 7) is 8.62. The molecule has 0 bridgehead atoms. The van der Waals surface area contributed by atoms with Gasteiger partial charge in [0.25, 0.3) is 5.91 Å². The number of carbonyl (C=O) groups excluding carboxylic acids is 2. The number of aromatic nitrogens is 2. The zero-order valence-electron chi connectivity index (χ0n) is 19.1. The highest BCUT2D eigenvalue weighted by Gasteiger charge is 2.26. The molecule has 0 atom stereocenters. The third kappa shape index (κ3) is 5.10. The second-order valence-electron chi connectivity index (χ2n) is 8.42. The number of carbonyl (C=O) groups is 2. The van der Waals surface area contributed by atoms with Crippen molar-refractivity contribution in [2.75, 3.05) is 38.0 Å². The third-order valence-electron chi connectivity index (χ3n) is 6.08. The van der Waals surface area contributed by atoms with Gasteiger partial charge in [0.2, 0.25) is 5.91 Å². The summed E-state index contributed by atoms with van der Waals surface area (Å²) in [6.07, 6.45) is 1.62. The lowest BCUT2D eigenvalue weighted by Crippen LogP contribution is -2.50. The van der Waals surface area contributed by atoms with E-state index in [0.29, 0.717) is 43.3 Å². The molecule has 8 heteroatoms. The lowest BCUT2D eigenvalue weighted by Gasteiger charge is -2.34. The van der Waals surface area contributed by atoms with E-state index in [4.69, 9.17) is 11.6 Å². The van der Waals surface area contributed by atoms with Crippen LogP contribution in [0.15, 0.2) is 48.7 Å². The van der Waals surface area contributed by atoms with Crippen LogP contribution in [0.5, 0.6) is 0 Å². The summed E-state index contributed by atoms with van der Waals surface area (Å²) in [6, 6.07) is 13.3. The van der Waals surface area contributed by atoms with Crippen LogP contribution in [0.1, 0.15) is 27.2 Å². The fourth-order valence-electron chi connectivity index (χ4n) is 4.14. The number of amides is 2. The first-order chi connectivity index (χ1) is 15.8. The molecule has 2 aromatic carbocycles. The van der Waals surface area contributed by atoms with Crippen LogP contribution in [0, 0.1) is 20.8 Å². The topological polar surface area (TPSA) is 70.5 Å². The Hall–Kier alpha value is -3.16. The van der Waals surface area contributed by atoms with Crippen LogP contribution >= 0.6 is 11.6 Å². The summed E-state index contributed by atoms with van der Waals surface area (Å²) >= 11 is 5.97. The molecule has 172 valence electrons. The zero-order valence-corrected chi connectivity index (χ0v) is 19.9. The number of benzene rings is 2. The molecular formula is C25H28ClN5O2. The number of nitrogens with one attached hydrogen (secondary N) is 1. The van der Waals surface area contributed by atoms with Gasteiger partial charge in [-0.1, -0.05) is 29.8 Å². The first-order valence-electron chi connectivity index (χ1n) is 11.0. The lowest BCUT2D eigenvalue weighted by molar-refractivity contribution is -0.117. The van der Waals surface area contributed by atoms with Crippen LogP contribution in [0.2, 0.25) is 5.02 Å². The van der Waals surface area contributed by atoms with Gasteiger partial charge in [0.1, 0.15) is 0 Å². The Balaban J connectivity index is 1.34. The summed E-state index contributed by atoms with van der Waals surface area (Å²) in [5.74, 6) is -0.0698. The molecule has 33 heavy (non-hydrogen) atoms. The van der Waals surface area contributed by atoms with Crippen LogP contribution in [0.25, 0.3) is 5.69 Å². The Labute approximate surface area is 198 Å². The van der Waals surface area contributed by atoms with Crippen molar-refractivity contribution in [3.05, 3.63) is 76.1 Å². The average molecular weight is 466 g/mol. The predicted octanol–water partition coefficient (Wildman–Crippen LogP) is 3.85. The fourth-order valence-corrected chi connectivity index (χ4v) is 4.26. The van der Waals surface area contributed by atoms with Gasteiger partial charge in [-0.3, -0.25) is 14.5 Å². The minimum Gasteiger partial charge on any atom is -0.336 e. The SMILES string of the molecule is Cc1cccc(C)c1NC(=O)CN1CCN(C(=O)c2cnn(-c3ccc(Cl)cc3)c2C)CC1. The van der Waals surface area contributed by atoms with Gasteiger partial charge in [-0.05, 0) is 56.2 Å². The maximum absolute atomic E-state index is 13.1. The van der Waals surface area contributed by atoms with Gasteiger partial charge >= 0.3 is 0 Å². The molecule has 1 aromatic heterocycles. The molecule has 0 saturated carbocycles. The summed E-state index contributed by atoms with van der Waals surface area (Å²) in [4.78, 5) is 29.6. The van der Waals surface area contributed by atoms with Crippen molar-refractivity contribution in [1.82, 2.24) is 19.6 Å². The normalized spacial score (nSPS) is 14.4. The van der Waals surface area contributed by atoms with Gasteiger partial charge < -0.3 is 10.2 Å². The zero-order chi connectivity index (χ0) is 23.5. The molecule has 0 radical (unpaired) electrons. The van der Waals surface area contributed by atoms with Crippen molar-refractivity contribution in [3.63, 3.8) is 0 Å². The number of hydrogen-bond donors (Lipinski definition) is 1. The van der Waals surface area contributed by atoms with E-state index in [2.05, 4.69) is 15.3 Å². The van der Waals surface area contributed by atoms with Crippen molar-refractivity contribution >= 4 is 29.1 Å². The second kappa shape index (κ2) is 9.77. The van der Waals surface area contributed by atoms with Crippen LogP contribution in [-0.2, 0) is 4.79 Å². The Bertz CT molecular complexity index is 1140. The number of rotatable bonds is 5. The molecule has 1 aliphatic rings. The van der Waals surface area contributed by atoms with E-state index in [1.807, 2.05) is 56.0 Å². The van der Waals surface area contributed by atoms with E-state index in [1.54, 1.807) is 23.0 Å². The van der Waals surface area contributed by atoms with Crippen molar-refractivity contribution in [2.45, 2.75) is 20.8 Å². The molecule has 2 amide bonds. The van der Waals surface area contributed by atoms with E-state index in [-0.39, 0.29) is 11.8 Å². The van der Waals surface area contributed by atoms with E-state index in [0.717, 1.165) is 28.2 Å². The Morgan fingerprint density at radius 1 is 0.970 bits per heavy atom. The van der Waals surface area contributed by atoms with Crippen molar-refractivity contribution in [3.8, 4) is 5.69 Å². The molecule has 1 aliphatic heterocycles. The molecule has 1 saturated heterocycles. The maximum Gasteiger partial charge on any atom is 0.257 e. The highest BCUT2D eigenvalue weighted by Crippen LogP contribution is 2.20. The highest BCUT2D eigenvalue weighted by molar-refractivity contribution is 6.30. The summed E-state index contributed by atoms with van der Waals surface area (Å²) in [7, 11) is 0. The standard InChI is InChI=1S/C25H28ClN5O2/c1-17-5-4-6-18(2)24(17)28-23(32)16-29-11-13-30(14-12-29)25(33)22-15-27-31(19(22)3)21-9-7-20(26)8-10-21/h4-10,15H,11-14,16H2,1-3H3,(H,28,32). The molecule has 0 aliphatic carbocycles. The molecule has 3 aromatic rings. The first kappa shape index (κ1) is 23.0. The Morgan fingerprint density at radius 3 is 2.24 bits per heavy atom. The summed E-state index contributed by atoms with van der Waals surface area (Å²) < 4.78 is 1.75. The molecule has 7 nitrogen and oxygen atoms in total. The van der Waals surface area contributed by atoms with Gasteiger partial charge in [-0.25, -0.2) is 4.68 Å². The predicted molar refractivity (Wildman–Crippen MR) is 130 cm³/mol. The molecule has 4 rings (SSSR count). The first-order valence-corrected chi connectivity index (χ1v) is 11.4. The van der Waals surface area contributed by atoms with Crippen molar-refractivity contribution in [2.24, 2.45) is 0 Å². The smallest absolute Gasteiger partial charge is 0.257 e. The largest absolute Gasteiger partial charge is 0.336 e. The second-order valence-corrected chi connectivity index (χ2v) is 8.85. The van der Waals surface area contributed by atoms with Crippen LogP contribution < -0.4 is 5.32 Å². The van der Waals surface area contributed by atoms with Gasteiger partial charge in [-0.15, -0.1) is 0 Å². The number of hydrogen-bond acceptors (Lipinski definition) is 4. The van der Waals surface area contributed by atoms with Crippen LogP contribution in [0.3, 0.4) is 0 Å². The molecule has 1 N–H and O–H groups in total. The third-order valence-corrected chi connectivity index (χ3v) is 6.34. The van der Waals surface area contributed by atoms with E-state index < -0.39 is 0 Å². The van der Waals surface area contributed by atoms with E-state index in [9.17, 15) is 9.59 Å². The fraction of sp³-hybridized carbons (Fsp3) is 0.320. The highest BCUT2D eigenvalue weighted by atomic mass is 35.5. The minimum atomic E-state index is -0.0349. The van der Waals surface area contributed by atoms with Gasteiger partial charge in [0.05, 0.1) is 29.7 Å². The number of nitrogens with zero attached hydrogens (tertiary/aromatic N) is 4. The number of piperazine rings is 1. The number of anilines is 1. The van der Waals surface area contributed by atoms with Crippen LogP contribution in [-0.4, -0.2) is 64.1 Å². The number of aryl methyl sites for hydroxylation is 2. The molecule has 1 fully saturated rings. The minimum absolute atomic E-state index is 0.0349. The Morgan fingerprint density at radius 2 is 1.61 bits per heavy atom. The lowest BCUT2D eigenvalue weighted by atomic mass is 10.1. The molecular weight excluding hydrogens is 438 g/mol. The van der Waals surface area contributed by atoms with Crippen molar-refractivity contribution in [1.29, 1.82) is 0 Å². The number of halogens is 1. The molecule has 0 unspecified atom stereocenters. The molecule has 2 heterocycles. The summed E-state index contributed by atoms with van der Waals surface area (Å²) in [5.41, 5.74) is 5.21. The average Bonchev–Trinajstić information content (AvgIpc) is 3.18. The van der Waals surface area contributed by atoms with E-state index >= 15 is 0 Å². The van der Waals surface area contributed by atoms with Gasteiger partial charge in [-0.2, -0.15) is 5.10 Å². The quantitative estimate of drug-likeness (QED) is 0.621.